The van der Waals surface area contributed by atoms with Crippen molar-refractivity contribution in [1.82, 2.24) is 5.32 Å². The Hall–Kier alpha value is -1.13. The molecule has 4 nitrogen and oxygen atoms in total. The van der Waals surface area contributed by atoms with Gasteiger partial charge >= 0.3 is 0 Å². The average Bonchev–Trinajstić information content (AvgIpc) is 2.84. The van der Waals surface area contributed by atoms with Crippen molar-refractivity contribution < 1.29 is 13.9 Å². The molecule has 2 rings (SSSR count). The quantitative estimate of drug-likeness (QED) is 0.755. The average molecular weight is 209 g/mol. The Morgan fingerprint density at radius 2 is 2.60 bits per heavy atom. The second kappa shape index (κ2) is 4.16. The van der Waals surface area contributed by atoms with E-state index in [1.165, 1.54) is 0 Å². The normalized spacial score (nSPS) is 30.6. The molecule has 2 atom stereocenters. The molecule has 0 amide bonds. The highest BCUT2D eigenvalue weighted by Crippen LogP contribution is 2.20. The predicted molar refractivity (Wildman–Crippen MR) is 54.4 cm³/mol. The largest absolute Gasteiger partial charge is 0.469 e. The molecule has 0 aliphatic carbocycles. The van der Waals surface area contributed by atoms with Gasteiger partial charge in [-0.1, -0.05) is 0 Å². The van der Waals surface area contributed by atoms with Gasteiger partial charge in [0.15, 0.2) is 12.5 Å². The van der Waals surface area contributed by atoms with Crippen molar-refractivity contribution in [2.45, 2.75) is 31.5 Å². The van der Waals surface area contributed by atoms with Gasteiger partial charge in [-0.3, -0.25) is 10.1 Å². The molecule has 1 N–H and O–H groups in total. The summed E-state index contributed by atoms with van der Waals surface area (Å²) in [6.45, 7) is 2.62. The number of furan rings is 1. The first-order valence-corrected chi connectivity index (χ1v) is 5.09. The second-order valence-corrected chi connectivity index (χ2v) is 4.15. The summed E-state index contributed by atoms with van der Waals surface area (Å²) in [4.78, 5) is 10.5. The molecule has 4 heteroatoms. The van der Waals surface area contributed by atoms with E-state index in [0.29, 0.717) is 6.61 Å². The fraction of sp³-hybridized carbons (Fsp3) is 0.545. The summed E-state index contributed by atoms with van der Waals surface area (Å²) >= 11 is 0. The highest BCUT2D eigenvalue weighted by Gasteiger charge is 2.34. The van der Waals surface area contributed by atoms with E-state index >= 15 is 0 Å². The molecule has 1 unspecified atom stereocenters. The van der Waals surface area contributed by atoms with Crippen molar-refractivity contribution in [3.8, 4) is 0 Å². The molecular weight excluding hydrogens is 194 g/mol. The Kier molecular flexibility index (Phi) is 2.88. The van der Waals surface area contributed by atoms with Crippen LogP contribution in [0.5, 0.6) is 0 Å². The Balaban J connectivity index is 1.86. The summed E-state index contributed by atoms with van der Waals surface area (Å²) in [6.07, 6.45) is 3.76. The minimum atomic E-state index is -0.452. The first kappa shape index (κ1) is 10.4. The van der Waals surface area contributed by atoms with E-state index in [-0.39, 0.29) is 5.54 Å². The van der Waals surface area contributed by atoms with Crippen molar-refractivity contribution in [3.05, 3.63) is 24.2 Å². The van der Waals surface area contributed by atoms with Gasteiger partial charge in [0, 0.05) is 12.0 Å². The standard InChI is InChI=1S/C11H15NO3/c1-11(8-15-10(7-13)12-11)5-4-9-3-2-6-14-9/h2-3,6-7,10,12H,4-5,8H2,1H3/t10?,11-/m1/s1. The van der Waals surface area contributed by atoms with Crippen LogP contribution >= 0.6 is 0 Å². The van der Waals surface area contributed by atoms with Crippen LogP contribution in [0, 0.1) is 0 Å². The maximum absolute atomic E-state index is 10.5. The molecule has 1 saturated heterocycles. The molecule has 82 valence electrons. The summed E-state index contributed by atoms with van der Waals surface area (Å²) in [5.74, 6) is 0.965. The number of hydrogen-bond acceptors (Lipinski definition) is 4. The van der Waals surface area contributed by atoms with E-state index in [1.807, 2.05) is 12.1 Å². The third-order valence-corrected chi connectivity index (χ3v) is 2.70. The van der Waals surface area contributed by atoms with Gasteiger partial charge in [0.2, 0.25) is 0 Å². The number of carbonyl (C=O) groups excluding carboxylic acids is 1. The lowest BCUT2D eigenvalue weighted by Crippen LogP contribution is -2.42. The number of nitrogens with one attached hydrogen (secondary N) is 1. The van der Waals surface area contributed by atoms with Crippen LogP contribution in [0.25, 0.3) is 0 Å². The van der Waals surface area contributed by atoms with E-state index in [4.69, 9.17) is 9.15 Å². The van der Waals surface area contributed by atoms with Gasteiger partial charge in [-0.05, 0) is 25.5 Å². The van der Waals surface area contributed by atoms with Crippen molar-refractivity contribution in [2.24, 2.45) is 0 Å². The Labute approximate surface area is 88.6 Å². The lowest BCUT2D eigenvalue weighted by atomic mass is 9.97. The van der Waals surface area contributed by atoms with Crippen molar-refractivity contribution in [3.63, 3.8) is 0 Å². The first-order chi connectivity index (χ1) is 7.22. The van der Waals surface area contributed by atoms with Gasteiger partial charge in [-0.25, -0.2) is 0 Å². The summed E-state index contributed by atoms with van der Waals surface area (Å²) < 4.78 is 10.5. The molecule has 0 saturated carbocycles. The highest BCUT2D eigenvalue weighted by atomic mass is 16.5. The zero-order valence-electron chi connectivity index (χ0n) is 8.73. The minimum absolute atomic E-state index is 0.127. The van der Waals surface area contributed by atoms with E-state index in [0.717, 1.165) is 24.9 Å². The zero-order valence-corrected chi connectivity index (χ0v) is 8.73. The molecule has 1 aromatic rings. The van der Waals surface area contributed by atoms with Gasteiger partial charge in [0.1, 0.15) is 5.76 Å². The topological polar surface area (TPSA) is 51.5 Å². The monoisotopic (exact) mass is 209 g/mol. The Morgan fingerprint density at radius 3 is 3.20 bits per heavy atom. The summed E-state index contributed by atoms with van der Waals surface area (Å²) in [6, 6.07) is 3.83. The van der Waals surface area contributed by atoms with Crippen LogP contribution in [0.3, 0.4) is 0 Å². The lowest BCUT2D eigenvalue weighted by molar-refractivity contribution is -0.116. The fourth-order valence-electron chi connectivity index (χ4n) is 1.77. The van der Waals surface area contributed by atoms with Crippen molar-refractivity contribution in [1.29, 1.82) is 0 Å². The number of aryl methyl sites for hydroxylation is 1. The van der Waals surface area contributed by atoms with Gasteiger partial charge in [-0.2, -0.15) is 0 Å². The number of ether oxygens (including phenoxy) is 1. The lowest BCUT2D eigenvalue weighted by Gasteiger charge is -2.21. The van der Waals surface area contributed by atoms with E-state index in [2.05, 4.69) is 12.2 Å². The Bertz CT molecular complexity index is 323. The fourth-order valence-corrected chi connectivity index (χ4v) is 1.77. The van der Waals surface area contributed by atoms with Crippen molar-refractivity contribution >= 4 is 6.29 Å². The first-order valence-electron chi connectivity index (χ1n) is 5.09. The van der Waals surface area contributed by atoms with Crippen LogP contribution < -0.4 is 5.32 Å². The molecule has 0 spiro atoms. The predicted octanol–water partition coefficient (Wildman–Crippen LogP) is 1.12. The smallest absolute Gasteiger partial charge is 0.165 e. The third-order valence-electron chi connectivity index (χ3n) is 2.70. The summed E-state index contributed by atoms with van der Waals surface area (Å²) in [7, 11) is 0. The minimum Gasteiger partial charge on any atom is -0.469 e. The van der Waals surface area contributed by atoms with Gasteiger partial charge in [0.05, 0.1) is 12.9 Å². The molecule has 0 aromatic carbocycles. The van der Waals surface area contributed by atoms with E-state index in [9.17, 15) is 4.79 Å². The maximum Gasteiger partial charge on any atom is 0.165 e. The van der Waals surface area contributed by atoms with Crippen molar-refractivity contribution in [2.75, 3.05) is 6.61 Å². The van der Waals surface area contributed by atoms with Crippen LogP contribution in [0.15, 0.2) is 22.8 Å². The van der Waals surface area contributed by atoms with Crippen LogP contribution in [0.4, 0.5) is 0 Å². The zero-order chi connectivity index (χ0) is 10.7. The number of hydrogen-bond donors (Lipinski definition) is 1. The number of rotatable bonds is 4. The SMILES string of the molecule is C[C@@]1(CCc2ccco2)COC(C=O)N1. The van der Waals surface area contributed by atoms with Gasteiger partial charge in [-0.15, -0.1) is 0 Å². The summed E-state index contributed by atoms with van der Waals surface area (Å²) in [5, 5.41) is 3.15. The molecule has 2 heterocycles. The molecule has 1 fully saturated rings. The van der Waals surface area contributed by atoms with Crippen LogP contribution in [-0.2, 0) is 16.0 Å². The molecule has 1 aromatic heterocycles. The maximum atomic E-state index is 10.5. The third kappa shape index (κ3) is 2.46. The molecule has 15 heavy (non-hydrogen) atoms. The van der Waals surface area contributed by atoms with Gasteiger partial charge < -0.3 is 9.15 Å². The van der Waals surface area contributed by atoms with E-state index in [1.54, 1.807) is 6.26 Å². The second-order valence-electron chi connectivity index (χ2n) is 4.15. The number of carbonyl (C=O) groups is 1. The van der Waals surface area contributed by atoms with Crippen LogP contribution in [-0.4, -0.2) is 24.7 Å². The molecular formula is C11H15NO3. The molecule has 1 aliphatic rings. The summed E-state index contributed by atoms with van der Waals surface area (Å²) in [5.41, 5.74) is -0.127. The van der Waals surface area contributed by atoms with Crippen LogP contribution in [0.1, 0.15) is 19.1 Å². The van der Waals surface area contributed by atoms with E-state index < -0.39 is 6.23 Å². The molecule has 1 aliphatic heterocycles. The molecule has 0 bridgehead atoms. The molecule has 0 radical (unpaired) electrons. The number of aldehydes is 1. The Morgan fingerprint density at radius 1 is 1.73 bits per heavy atom. The van der Waals surface area contributed by atoms with Gasteiger partial charge in [0.25, 0.3) is 0 Å². The highest BCUT2D eigenvalue weighted by molar-refractivity contribution is 5.56. The van der Waals surface area contributed by atoms with Crippen LogP contribution in [0.2, 0.25) is 0 Å².